The molecule has 0 saturated carbocycles. The molecule has 3 nitrogen and oxygen atoms in total. The van der Waals surface area contributed by atoms with Gasteiger partial charge in [0.25, 0.3) is 0 Å². The average Bonchev–Trinajstić information content (AvgIpc) is 2.97. The average molecular weight is 320 g/mol. The zero-order chi connectivity index (χ0) is 15.8. The van der Waals surface area contributed by atoms with Crippen molar-refractivity contribution in [3.63, 3.8) is 0 Å². The van der Waals surface area contributed by atoms with Crippen LogP contribution in [-0.4, -0.2) is 14.5 Å². The van der Waals surface area contributed by atoms with Crippen molar-refractivity contribution in [2.75, 3.05) is 0 Å². The Morgan fingerprint density at radius 1 is 0.957 bits per heavy atom. The molecule has 0 saturated heterocycles. The minimum Gasteiger partial charge on any atom is -0.759 e. The first kappa shape index (κ1) is 13.8. The predicted octanol–water partition coefficient (Wildman–Crippen LogP) is 4.13. The first-order valence-electron chi connectivity index (χ1n) is 7.08. The Morgan fingerprint density at radius 3 is 2.57 bits per heavy atom. The minimum absolute atomic E-state index is 0.293. The van der Waals surface area contributed by atoms with E-state index in [1.807, 2.05) is 47.2 Å². The molecule has 0 atom stereocenters. The second-order valence-electron chi connectivity index (χ2n) is 5.14. The quantitative estimate of drug-likeness (QED) is 0.411. The van der Waals surface area contributed by atoms with Gasteiger partial charge in [-0.25, -0.2) is 9.37 Å². The van der Waals surface area contributed by atoms with Gasteiger partial charge in [-0.15, -0.1) is 0 Å². The predicted molar refractivity (Wildman–Crippen MR) is 89.9 cm³/mol. The highest BCUT2D eigenvalue weighted by Crippen LogP contribution is 2.33. The van der Waals surface area contributed by atoms with Crippen LogP contribution in [0.15, 0.2) is 72.1 Å². The third-order valence-electron chi connectivity index (χ3n) is 3.72. The number of fused-ring (bicyclic) bond motifs is 1. The molecular weight excluding hydrogens is 309 g/mol. The molecule has 2 aromatic carbocycles. The normalized spacial score (nSPS) is 11.0. The molecule has 0 spiro atoms. The summed E-state index contributed by atoms with van der Waals surface area (Å²) in [4.78, 5) is 8.49. The fourth-order valence-electron chi connectivity index (χ4n) is 2.69. The van der Waals surface area contributed by atoms with E-state index in [4.69, 9.17) is 12.6 Å². The van der Waals surface area contributed by atoms with Crippen LogP contribution < -0.4 is 0 Å². The van der Waals surface area contributed by atoms with Crippen molar-refractivity contribution in [1.29, 1.82) is 0 Å². The lowest BCUT2D eigenvalue weighted by Gasteiger charge is -2.08. The maximum Gasteiger partial charge on any atom is 0.146 e. The number of aromatic nitrogens is 3. The summed E-state index contributed by atoms with van der Waals surface area (Å²) in [6.07, 6.45) is 3.37. The summed E-state index contributed by atoms with van der Waals surface area (Å²) < 4.78 is 15.4. The highest BCUT2D eigenvalue weighted by atomic mass is 32.1. The van der Waals surface area contributed by atoms with Crippen LogP contribution in [0.4, 0.5) is 4.39 Å². The molecule has 0 aliphatic carbocycles. The Bertz CT molecular complexity index is 996. The molecule has 4 aromatic rings. The monoisotopic (exact) mass is 320 g/mol. The molecule has 0 aliphatic heterocycles. The van der Waals surface area contributed by atoms with Gasteiger partial charge >= 0.3 is 0 Å². The SMILES string of the molecule is Fc1cccc(-n2cc(-c3ccccc3)c3c([S-])ncnc32)c1. The van der Waals surface area contributed by atoms with Crippen molar-refractivity contribution in [3.05, 3.63) is 72.9 Å². The van der Waals surface area contributed by atoms with Crippen LogP contribution in [0.3, 0.4) is 0 Å². The third kappa shape index (κ3) is 2.35. The number of benzene rings is 2. The van der Waals surface area contributed by atoms with Crippen molar-refractivity contribution in [1.82, 2.24) is 14.5 Å². The standard InChI is InChI=1S/C18H12FN3S/c19-13-7-4-8-14(9-13)22-10-15(12-5-2-1-3-6-12)16-17(22)20-11-21-18(16)23/h1-11H,(H,20,21,23)/p-1. The Balaban J connectivity index is 2.06. The number of hydrogen-bond acceptors (Lipinski definition) is 3. The van der Waals surface area contributed by atoms with E-state index in [1.165, 1.54) is 18.5 Å². The van der Waals surface area contributed by atoms with Gasteiger partial charge < -0.3 is 17.2 Å². The van der Waals surface area contributed by atoms with E-state index >= 15 is 0 Å². The summed E-state index contributed by atoms with van der Waals surface area (Å²) in [5, 5.41) is 1.29. The molecule has 4 rings (SSSR count). The fourth-order valence-corrected chi connectivity index (χ4v) is 2.94. The van der Waals surface area contributed by atoms with Crippen molar-refractivity contribution >= 4 is 23.7 Å². The van der Waals surface area contributed by atoms with Gasteiger partial charge in [0.2, 0.25) is 0 Å². The Morgan fingerprint density at radius 2 is 1.78 bits per heavy atom. The van der Waals surface area contributed by atoms with E-state index in [-0.39, 0.29) is 5.82 Å². The topological polar surface area (TPSA) is 30.7 Å². The van der Waals surface area contributed by atoms with Gasteiger partial charge in [-0.3, -0.25) is 4.98 Å². The number of rotatable bonds is 2. The molecule has 2 aromatic heterocycles. The van der Waals surface area contributed by atoms with Crippen LogP contribution in [0.1, 0.15) is 0 Å². The van der Waals surface area contributed by atoms with Crippen LogP contribution >= 0.6 is 0 Å². The highest BCUT2D eigenvalue weighted by molar-refractivity contribution is 7.59. The first-order valence-corrected chi connectivity index (χ1v) is 7.49. The maximum atomic E-state index is 13.6. The molecule has 0 radical (unpaired) electrons. The largest absolute Gasteiger partial charge is 0.759 e. The maximum absolute atomic E-state index is 13.6. The molecule has 5 heteroatoms. The molecule has 0 amide bonds. The molecule has 0 unspecified atom stereocenters. The minimum atomic E-state index is -0.293. The van der Waals surface area contributed by atoms with Crippen LogP contribution in [0, 0.1) is 5.82 Å². The highest BCUT2D eigenvalue weighted by Gasteiger charge is 2.13. The lowest BCUT2D eigenvalue weighted by Crippen LogP contribution is -1.95. The lowest BCUT2D eigenvalue weighted by atomic mass is 10.1. The van der Waals surface area contributed by atoms with E-state index in [1.54, 1.807) is 6.07 Å². The van der Waals surface area contributed by atoms with Gasteiger partial charge in [0, 0.05) is 22.8 Å². The van der Waals surface area contributed by atoms with Crippen molar-refractivity contribution in [2.24, 2.45) is 0 Å². The number of nitrogens with zero attached hydrogens (tertiary/aromatic N) is 3. The zero-order valence-electron chi connectivity index (χ0n) is 12.0. The van der Waals surface area contributed by atoms with Crippen molar-refractivity contribution in [2.45, 2.75) is 5.03 Å². The van der Waals surface area contributed by atoms with E-state index < -0.39 is 0 Å². The van der Waals surface area contributed by atoms with Crippen LogP contribution in [0.5, 0.6) is 0 Å². The summed E-state index contributed by atoms with van der Waals surface area (Å²) in [6.45, 7) is 0. The molecule has 23 heavy (non-hydrogen) atoms. The van der Waals surface area contributed by atoms with Crippen molar-refractivity contribution < 1.29 is 4.39 Å². The second-order valence-corrected chi connectivity index (χ2v) is 5.52. The Hall–Kier alpha value is -2.79. The molecule has 2 heterocycles. The van der Waals surface area contributed by atoms with E-state index in [9.17, 15) is 4.39 Å². The zero-order valence-corrected chi connectivity index (χ0v) is 12.8. The Labute approximate surface area is 137 Å². The van der Waals surface area contributed by atoms with Gasteiger partial charge in [-0.05, 0) is 23.8 Å². The van der Waals surface area contributed by atoms with E-state index in [0.717, 1.165) is 16.5 Å². The van der Waals surface area contributed by atoms with Crippen molar-refractivity contribution in [3.8, 4) is 16.8 Å². The van der Waals surface area contributed by atoms with Gasteiger partial charge in [0.1, 0.15) is 17.8 Å². The second kappa shape index (κ2) is 5.44. The van der Waals surface area contributed by atoms with Gasteiger partial charge in [0.15, 0.2) is 0 Å². The molecule has 0 N–H and O–H groups in total. The fraction of sp³-hybridized carbons (Fsp3) is 0. The van der Waals surface area contributed by atoms with Gasteiger partial charge in [-0.1, -0.05) is 41.4 Å². The molecule has 0 fully saturated rings. The summed E-state index contributed by atoms with van der Waals surface area (Å²) in [5.41, 5.74) is 3.34. The summed E-state index contributed by atoms with van der Waals surface area (Å²) in [6, 6.07) is 16.3. The molecule has 0 aliphatic rings. The van der Waals surface area contributed by atoms with Crippen LogP contribution in [0.25, 0.3) is 27.8 Å². The summed E-state index contributed by atoms with van der Waals surface area (Å²) in [5.74, 6) is -0.293. The van der Waals surface area contributed by atoms with Crippen LogP contribution in [0.2, 0.25) is 0 Å². The summed E-state index contributed by atoms with van der Waals surface area (Å²) >= 11 is 5.39. The smallest absolute Gasteiger partial charge is 0.146 e. The molecule has 0 bridgehead atoms. The van der Waals surface area contributed by atoms with Gasteiger partial charge in [-0.2, -0.15) is 0 Å². The van der Waals surface area contributed by atoms with E-state index in [0.29, 0.717) is 16.4 Å². The van der Waals surface area contributed by atoms with E-state index in [2.05, 4.69) is 9.97 Å². The van der Waals surface area contributed by atoms with Gasteiger partial charge in [0.05, 0.1) is 0 Å². The first-order chi connectivity index (χ1) is 11.2. The van der Waals surface area contributed by atoms with Crippen LogP contribution in [-0.2, 0) is 12.6 Å². The molecular formula is C18H11FN3S-. The lowest BCUT2D eigenvalue weighted by molar-refractivity contribution is 0.627. The third-order valence-corrected chi connectivity index (χ3v) is 4.03. The Kier molecular flexibility index (Phi) is 3.28. The number of halogens is 1. The number of hydrogen-bond donors (Lipinski definition) is 0. The summed E-state index contributed by atoms with van der Waals surface area (Å²) in [7, 11) is 0. The molecule has 112 valence electrons.